The van der Waals surface area contributed by atoms with Crippen molar-refractivity contribution in [3.05, 3.63) is 188 Å². The number of anilines is 3. The molecular formula is C48H31NO. The van der Waals surface area contributed by atoms with Crippen molar-refractivity contribution in [2.75, 3.05) is 4.90 Å². The lowest BCUT2D eigenvalue weighted by Crippen LogP contribution is -2.10. The Kier molecular flexibility index (Phi) is 4.46. The quantitative estimate of drug-likeness (QED) is 0.185. The lowest BCUT2D eigenvalue weighted by Gasteiger charge is -2.27. The first-order valence-corrected chi connectivity index (χ1v) is 16.2. The van der Waals surface area contributed by atoms with Crippen LogP contribution < -0.4 is 4.90 Å². The van der Waals surface area contributed by atoms with Crippen molar-refractivity contribution in [2.45, 2.75) is 0 Å². The topological polar surface area (TPSA) is 16.4 Å². The highest BCUT2D eigenvalue weighted by molar-refractivity contribution is 6.19. The van der Waals surface area contributed by atoms with Crippen LogP contribution in [0.4, 0.5) is 17.1 Å². The Morgan fingerprint density at radius 1 is 0.440 bits per heavy atom. The summed E-state index contributed by atoms with van der Waals surface area (Å²) < 4.78 is 105. The third-order valence-corrected chi connectivity index (χ3v) is 9.13. The SMILES string of the molecule is [2H]c1c([2H])c(N(c2cccc(-c3ccc4ccccc4c3)c2)c2cccc3oc4c5ccccc5ccc4c23)c([2H])c([2H])c1-c1c([2H])c([2H])c2c([2H])c([2H])c([2H])c([2H])c2c1[2H]. The number of hydrogen-bond acceptors (Lipinski definition) is 2. The van der Waals surface area contributed by atoms with Crippen molar-refractivity contribution in [1.82, 2.24) is 0 Å². The van der Waals surface area contributed by atoms with Crippen molar-refractivity contribution in [2.24, 2.45) is 0 Å². The average molecular weight is 649 g/mol. The number of hydrogen-bond donors (Lipinski definition) is 0. The fourth-order valence-corrected chi connectivity index (χ4v) is 6.75. The molecule has 9 aromatic carbocycles. The zero-order valence-electron chi connectivity index (χ0n) is 37.4. The second-order valence-electron chi connectivity index (χ2n) is 12.1. The highest BCUT2D eigenvalue weighted by Crippen LogP contribution is 2.45. The zero-order chi connectivity index (χ0) is 42.6. The third-order valence-electron chi connectivity index (χ3n) is 9.13. The van der Waals surface area contributed by atoms with Crippen molar-refractivity contribution < 1.29 is 19.5 Å². The van der Waals surface area contributed by atoms with Crippen LogP contribution in [0.15, 0.2) is 192 Å². The number of nitrogens with zero attached hydrogens (tertiary/aromatic N) is 1. The summed E-state index contributed by atoms with van der Waals surface area (Å²) in [5.41, 5.74) is 2.96. The van der Waals surface area contributed by atoms with Crippen LogP contribution >= 0.6 is 0 Å². The van der Waals surface area contributed by atoms with E-state index < -0.39 is 77.6 Å². The lowest BCUT2D eigenvalue weighted by molar-refractivity contribution is 0.672. The predicted molar refractivity (Wildman–Crippen MR) is 212 cm³/mol. The molecule has 50 heavy (non-hydrogen) atoms. The molecule has 0 spiro atoms. The van der Waals surface area contributed by atoms with E-state index in [4.69, 9.17) is 14.0 Å². The number of fused-ring (bicyclic) bond motifs is 7. The van der Waals surface area contributed by atoms with E-state index in [0.717, 1.165) is 38.1 Å². The number of rotatable bonds is 5. The van der Waals surface area contributed by atoms with Gasteiger partial charge in [-0.3, -0.25) is 0 Å². The summed E-state index contributed by atoms with van der Waals surface area (Å²) in [5, 5.41) is 4.76. The highest BCUT2D eigenvalue weighted by Gasteiger charge is 2.21. The van der Waals surface area contributed by atoms with Gasteiger partial charge in [0.15, 0.2) is 0 Å². The molecule has 0 N–H and O–H groups in total. The molecule has 2 nitrogen and oxygen atoms in total. The van der Waals surface area contributed by atoms with E-state index in [0.29, 0.717) is 27.9 Å². The minimum atomic E-state index is -0.655. The Morgan fingerprint density at radius 2 is 1.18 bits per heavy atom. The van der Waals surface area contributed by atoms with E-state index in [1.165, 1.54) is 0 Å². The fraction of sp³-hybridized carbons (Fsp3) is 0. The van der Waals surface area contributed by atoms with E-state index >= 15 is 0 Å². The standard InChI is InChI=1S/C48H31NO/c1-3-12-36-29-39(21-19-32(36)9-1)34-23-26-41(27-24-34)49(42-15-7-14-38(31-42)40-22-20-33-10-2-4-13-37(33)30-40)45-17-8-18-46-47(45)44-28-25-35-11-5-6-16-43(35)48(44)50-46/h1-31H/i1D,3D,9D,12D,19D,21D,23D,24D,26D,27D,29D. The van der Waals surface area contributed by atoms with E-state index in [1.807, 2.05) is 109 Å². The monoisotopic (exact) mass is 648 g/mol. The van der Waals surface area contributed by atoms with E-state index in [1.54, 1.807) is 11.0 Å². The smallest absolute Gasteiger partial charge is 0.143 e. The Hall–Kier alpha value is -6.64. The molecule has 0 saturated carbocycles. The van der Waals surface area contributed by atoms with Gasteiger partial charge in [-0.05, 0) is 104 Å². The van der Waals surface area contributed by atoms with Crippen LogP contribution in [0, 0.1) is 0 Å². The molecule has 0 aliphatic rings. The fourth-order valence-electron chi connectivity index (χ4n) is 6.75. The van der Waals surface area contributed by atoms with E-state index in [9.17, 15) is 5.48 Å². The van der Waals surface area contributed by atoms with Crippen LogP contribution in [-0.2, 0) is 0 Å². The maximum atomic E-state index is 9.65. The molecule has 0 aliphatic carbocycles. The van der Waals surface area contributed by atoms with Gasteiger partial charge in [-0.15, -0.1) is 0 Å². The van der Waals surface area contributed by atoms with Crippen LogP contribution in [0.1, 0.15) is 15.1 Å². The molecule has 1 aromatic heterocycles. The van der Waals surface area contributed by atoms with Gasteiger partial charge in [-0.2, -0.15) is 0 Å². The van der Waals surface area contributed by atoms with Gasteiger partial charge in [0.25, 0.3) is 0 Å². The molecule has 0 aliphatic heterocycles. The summed E-state index contributed by atoms with van der Waals surface area (Å²) >= 11 is 0. The van der Waals surface area contributed by atoms with E-state index in [-0.39, 0.29) is 16.5 Å². The predicted octanol–water partition coefficient (Wildman–Crippen LogP) is 13.8. The maximum Gasteiger partial charge on any atom is 0.143 e. The second-order valence-corrected chi connectivity index (χ2v) is 12.1. The number of furan rings is 1. The van der Waals surface area contributed by atoms with Gasteiger partial charge in [0, 0.05) is 22.1 Å². The molecule has 1 heterocycles. The first-order chi connectivity index (χ1) is 29.4. The second kappa shape index (κ2) is 11.5. The van der Waals surface area contributed by atoms with Crippen LogP contribution in [-0.4, -0.2) is 0 Å². The minimum Gasteiger partial charge on any atom is -0.455 e. The molecule has 0 unspecified atom stereocenters. The van der Waals surface area contributed by atoms with Crippen LogP contribution in [0.3, 0.4) is 0 Å². The largest absolute Gasteiger partial charge is 0.455 e. The Bertz CT molecular complexity index is 3500. The van der Waals surface area contributed by atoms with Crippen molar-refractivity contribution in [3.8, 4) is 22.3 Å². The van der Waals surface area contributed by atoms with Crippen LogP contribution in [0.25, 0.3) is 76.5 Å². The number of benzene rings is 9. The van der Waals surface area contributed by atoms with Crippen LogP contribution in [0.2, 0.25) is 0 Å². The average Bonchev–Trinajstić information content (AvgIpc) is 3.68. The van der Waals surface area contributed by atoms with Crippen LogP contribution in [0.5, 0.6) is 0 Å². The lowest BCUT2D eigenvalue weighted by atomic mass is 9.99. The summed E-state index contributed by atoms with van der Waals surface area (Å²) in [4.78, 5) is 1.68. The summed E-state index contributed by atoms with van der Waals surface area (Å²) in [7, 11) is 0. The Morgan fingerprint density at radius 3 is 2.08 bits per heavy atom. The maximum absolute atomic E-state index is 9.65. The van der Waals surface area contributed by atoms with Gasteiger partial charge >= 0.3 is 0 Å². The third kappa shape index (κ3) is 4.73. The minimum absolute atomic E-state index is 0.121. The molecule has 0 radical (unpaired) electrons. The zero-order valence-corrected chi connectivity index (χ0v) is 26.4. The molecule has 0 amide bonds. The van der Waals surface area contributed by atoms with Crippen molar-refractivity contribution >= 4 is 71.3 Å². The molecule has 0 fully saturated rings. The molecule has 2 heteroatoms. The summed E-state index contributed by atoms with van der Waals surface area (Å²) in [6.07, 6.45) is 0. The first-order valence-electron chi connectivity index (χ1n) is 21.7. The molecule has 0 atom stereocenters. The molecule has 10 aromatic rings. The van der Waals surface area contributed by atoms with Crippen molar-refractivity contribution in [1.29, 1.82) is 0 Å². The Balaban J connectivity index is 1.27. The molecule has 0 bridgehead atoms. The normalized spacial score (nSPS) is 14.7. The van der Waals surface area contributed by atoms with Gasteiger partial charge < -0.3 is 9.32 Å². The highest BCUT2D eigenvalue weighted by atomic mass is 16.3. The summed E-state index contributed by atoms with van der Waals surface area (Å²) in [6, 6.07) is 32.6. The van der Waals surface area contributed by atoms with Gasteiger partial charge in [-0.1, -0.05) is 133 Å². The molecule has 234 valence electrons. The first kappa shape index (κ1) is 19.4. The van der Waals surface area contributed by atoms with Gasteiger partial charge in [0.2, 0.25) is 0 Å². The van der Waals surface area contributed by atoms with Gasteiger partial charge in [0.1, 0.15) is 11.2 Å². The molecule has 0 saturated heterocycles. The van der Waals surface area contributed by atoms with Gasteiger partial charge in [0.05, 0.1) is 26.2 Å². The summed E-state index contributed by atoms with van der Waals surface area (Å²) in [6.45, 7) is 0. The van der Waals surface area contributed by atoms with E-state index in [2.05, 4.69) is 6.07 Å². The molecular weight excluding hydrogens is 607 g/mol. The van der Waals surface area contributed by atoms with Gasteiger partial charge in [-0.25, -0.2) is 0 Å². The van der Waals surface area contributed by atoms with Crippen molar-refractivity contribution in [3.63, 3.8) is 0 Å². The Labute approximate surface area is 305 Å². The summed E-state index contributed by atoms with van der Waals surface area (Å²) in [5.74, 6) is 0. The molecule has 10 rings (SSSR count).